The summed E-state index contributed by atoms with van der Waals surface area (Å²) >= 11 is 0. The molecule has 0 unspecified atom stereocenters. The Bertz CT molecular complexity index is 826. The number of hydrogen-bond acceptors (Lipinski definition) is 5. The zero-order valence-electron chi connectivity index (χ0n) is 11.9. The molecule has 0 atom stereocenters. The van der Waals surface area contributed by atoms with Crippen molar-refractivity contribution in [3.63, 3.8) is 0 Å². The number of benzene rings is 3. The molecule has 3 rings (SSSR count). The van der Waals surface area contributed by atoms with Gasteiger partial charge in [0.25, 0.3) is 0 Å². The van der Waals surface area contributed by atoms with Crippen LogP contribution in [-0.4, -0.2) is 25.5 Å². The lowest BCUT2D eigenvalue weighted by Crippen LogP contribution is -1.85. The van der Waals surface area contributed by atoms with Crippen LogP contribution in [0.4, 0.5) is 0 Å². The maximum atomic E-state index is 9.94. The quantitative estimate of drug-likeness (QED) is 0.368. The fraction of sp³-hybridized carbons (Fsp3) is 0. The summed E-state index contributed by atoms with van der Waals surface area (Å²) in [6.07, 6.45) is 0. The van der Waals surface area contributed by atoms with Crippen LogP contribution in [0.25, 0.3) is 22.3 Å². The summed E-state index contributed by atoms with van der Waals surface area (Å²) in [4.78, 5) is 0. The van der Waals surface area contributed by atoms with Crippen LogP contribution in [0, 0.1) is 0 Å². The minimum atomic E-state index is -0.968. The van der Waals surface area contributed by atoms with Crippen LogP contribution in [0.3, 0.4) is 0 Å². The Labute approximate surface area is 132 Å². The van der Waals surface area contributed by atoms with Gasteiger partial charge in [0.1, 0.15) is 0 Å². The topological polar surface area (TPSA) is 101 Å². The minimum absolute atomic E-state index is 0.155. The Morgan fingerprint density at radius 3 is 1.30 bits per heavy atom. The van der Waals surface area contributed by atoms with E-state index < -0.39 is 28.7 Å². The molecule has 0 amide bonds. The second-order valence-electron chi connectivity index (χ2n) is 5.06. The Morgan fingerprint density at radius 2 is 0.783 bits per heavy atom. The molecule has 0 spiro atoms. The molecule has 0 saturated heterocycles. The van der Waals surface area contributed by atoms with Gasteiger partial charge in [-0.25, -0.2) is 0 Å². The molecular formula is C18H14O5. The molecule has 0 heterocycles. The van der Waals surface area contributed by atoms with Gasteiger partial charge >= 0.3 is 0 Å². The smallest absolute Gasteiger partial charge is 0.208 e. The SMILES string of the molecule is Oc1c(O)c(O)c(-c2ccc(-c3ccccc3)cc2)c(O)c1O. The van der Waals surface area contributed by atoms with Crippen LogP contribution in [0.1, 0.15) is 0 Å². The molecule has 5 N–H and O–H groups in total. The van der Waals surface area contributed by atoms with E-state index in [0.29, 0.717) is 5.56 Å². The van der Waals surface area contributed by atoms with E-state index in [2.05, 4.69) is 0 Å². The van der Waals surface area contributed by atoms with Crippen molar-refractivity contribution in [2.75, 3.05) is 0 Å². The molecule has 0 aliphatic carbocycles. The van der Waals surface area contributed by atoms with E-state index in [-0.39, 0.29) is 5.56 Å². The first-order valence-corrected chi connectivity index (χ1v) is 6.85. The summed E-state index contributed by atoms with van der Waals surface area (Å²) < 4.78 is 0. The van der Waals surface area contributed by atoms with Gasteiger partial charge < -0.3 is 25.5 Å². The Hall–Kier alpha value is -3.34. The highest BCUT2D eigenvalue weighted by molar-refractivity contribution is 5.85. The summed E-state index contributed by atoms with van der Waals surface area (Å²) in [6.45, 7) is 0. The zero-order chi connectivity index (χ0) is 16.6. The van der Waals surface area contributed by atoms with Gasteiger partial charge in [0.05, 0.1) is 5.56 Å². The lowest BCUT2D eigenvalue weighted by atomic mass is 9.98. The second-order valence-corrected chi connectivity index (χ2v) is 5.06. The predicted octanol–water partition coefficient (Wildman–Crippen LogP) is 3.55. The Morgan fingerprint density at radius 1 is 0.391 bits per heavy atom. The molecule has 0 aliphatic heterocycles. The summed E-state index contributed by atoms with van der Waals surface area (Å²) in [5.74, 6) is -4.15. The van der Waals surface area contributed by atoms with E-state index in [4.69, 9.17) is 0 Å². The second kappa shape index (κ2) is 5.46. The molecule has 5 nitrogen and oxygen atoms in total. The van der Waals surface area contributed by atoms with E-state index in [1.807, 2.05) is 30.3 Å². The van der Waals surface area contributed by atoms with Crippen LogP contribution in [-0.2, 0) is 0 Å². The van der Waals surface area contributed by atoms with E-state index in [1.165, 1.54) is 0 Å². The highest BCUT2D eigenvalue weighted by atomic mass is 16.4. The van der Waals surface area contributed by atoms with Crippen molar-refractivity contribution < 1.29 is 25.5 Å². The highest BCUT2D eigenvalue weighted by Gasteiger charge is 2.24. The summed E-state index contributed by atoms with van der Waals surface area (Å²) in [5.41, 5.74) is 2.16. The molecule has 116 valence electrons. The molecule has 3 aromatic carbocycles. The van der Waals surface area contributed by atoms with Gasteiger partial charge in [-0.05, 0) is 16.7 Å². The molecule has 0 fully saturated rings. The zero-order valence-corrected chi connectivity index (χ0v) is 11.9. The van der Waals surface area contributed by atoms with Crippen molar-refractivity contribution in [1.29, 1.82) is 0 Å². The van der Waals surface area contributed by atoms with Crippen molar-refractivity contribution in [1.82, 2.24) is 0 Å². The maximum Gasteiger partial charge on any atom is 0.208 e. The van der Waals surface area contributed by atoms with Crippen LogP contribution in [0.5, 0.6) is 28.7 Å². The van der Waals surface area contributed by atoms with Gasteiger partial charge in [0.15, 0.2) is 11.5 Å². The number of aromatic hydroxyl groups is 5. The molecule has 0 aromatic heterocycles. The van der Waals surface area contributed by atoms with Gasteiger partial charge in [-0.1, -0.05) is 54.6 Å². The first-order chi connectivity index (χ1) is 11.0. The Kier molecular flexibility index (Phi) is 3.46. The monoisotopic (exact) mass is 310 g/mol. The summed E-state index contributed by atoms with van der Waals surface area (Å²) in [7, 11) is 0. The van der Waals surface area contributed by atoms with Crippen molar-refractivity contribution in [2.45, 2.75) is 0 Å². The normalized spacial score (nSPS) is 10.6. The standard InChI is InChI=1S/C18H14O5/c19-14-13(15(20)17(22)18(23)16(14)21)12-8-6-11(7-9-12)10-4-2-1-3-5-10/h1-9,19-23H. The third kappa shape index (κ3) is 2.38. The number of phenols is 5. The van der Waals surface area contributed by atoms with E-state index >= 15 is 0 Å². The van der Waals surface area contributed by atoms with Gasteiger partial charge in [0, 0.05) is 0 Å². The van der Waals surface area contributed by atoms with E-state index in [9.17, 15) is 25.5 Å². The molecule has 3 aromatic rings. The molecule has 0 radical (unpaired) electrons. The number of rotatable bonds is 2. The first kappa shape index (κ1) is 14.6. The Balaban J connectivity index is 2.11. The molecule has 5 heteroatoms. The maximum absolute atomic E-state index is 9.94. The molecule has 0 aliphatic rings. The van der Waals surface area contributed by atoms with Gasteiger partial charge in [-0.3, -0.25) is 0 Å². The molecular weight excluding hydrogens is 296 g/mol. The third-order valence-electron chi connectivity index (χ3n) is 3.65. The third-order valence-corrected chi connectivity index (χ3v) is 3.65. The highest BCUT2D eigenvalue weighted by Crippen LogP contribution is 2.54. The van der Waals surface area contributed by atoms with Crippen molar-refractivity contribution in [2.24, 2.45) is 0 Å². The van der Waals surface area contributed by atoms with Crippen LogP contribution < -0.4 is 0 Å². The number of phenolic OH excluding ortho intramolecular Hbond substituents is 5. The lowest BCUT2D eigenvalue weighted by Gasteiger charge is -2.13. The van der Waals surface area contributed by atoms with Gasteiger partial charge in [-0.2, -0.15) is 0 Å². The fourth-order valence-corrected chi connectivity index (χ4v) is 2.42. The predicted molar refractivity (Wildman–Crippen MR) is 85.6 cm³/mol. The van der Waals surface area contributed by atoms with Gasteiger partial charge in [-0.15, -0.1) is 0 Å². The minimum Gasteiger partial charge on any atom is -0.504 e. The van der Waals surface area contributed by atoms with Crippen molar-refractivity contribution in [3.8, 4) is 51.0 Å². The van der Waals surface area contributed by atoms with Crippen LogP contribution >= 0.6 is 0 Å². The summed E-state index contributed by atoms with van der Waals surface area (Å²) in [5, 5.41) is 48.5. The van der Waals surface area contributed by atoms with Crippen molar-refractivity contribution >= 4 is 0 Å². The van der Waals surface area contributed by atoms with Crippen LogP contribution in [0.15, 0.2) is 54.6 Å². The largest absolute Gasteiger partial charge is 0.504 e. The lowest BCUT2D eigenvalue weighted by molar-refractivity contribution is 0.330. The molecule has 0 saturated carbocycles. The average Bonchev–Trinajstić information content (AvgIpc) is 2.60. The number of hydrogen-bond donors (Lipinski definition) is 5. The van der Waals surface area contributed by atoms with Crippen LogP contribution in [0.2, 0.25) is 0 Å². The fourth-order valence-electron chi connectivity index (χ4n) is 2.42. The van der Waals surface area contributed by atoms with Crippen molar-refractivity contribution in [3.05, 3.63) is 54.6 Å². The summed E-state index contributed by atoms with van der Waals surface area (Å²) in [6, 6.07) is 16.5. The molecule has 0 bridgehead atoms. The van der Waals surface area contributed by atoms with E-state index in [0.717, 1.165) is 11.1 Å². The average molecular weight is 310 g/mol. The molecule has 23 heavy (non-hydrogen) atoms. The first-order valence-electron chi connectivity index (χ1n) is 6.85. The van der Waals surface area contributed by atoms with E-state index in [1.54, 1.807) is 24.3 Å². The van der Waals surface area contributed by atoms with Gasteiger partial charge in [0.2, 0.25) is 17.2 Å².